The molecular weight excluding hydrogens is 226 g/mol. The van der Waals surface area contributed by atoms with Crippen LogP contribution < -0.4 is 5.32 Å². The number of hydrogen-bond acceptors (Lipinski definition) is 3. The van der Waals surface area contributed by atoms with E-state index in [1.54, 1.807) is 0 Å². The van der Waals surface area contributed by atoms with E-state index in [1.165, 1.54) is 19.3 Å². The maximum Gasteiger partial charge on any atom is 0.0953 e. The Morgan fingerprint density at radius 1 is 1.50 bits per heavy atom. The lowest BCUT2D eigenvalue weighted by Crippen LogP contribution is -2.20. The van der Waals surface area contributed by atoms with Crippen LogP contribution >= 0.6 is 0 Å². The number of ether oxygens (including phenoxy) is 1. The first-order valence-electron chi connectivity index (χ1n) is 7.11. The van der Waals surface area contributed by atoms with Crippen molar-refractivity contribution in [1.82, 2.24) is 14.9 Å². The Morgan fingerprint density at radius 3 is 3.06 bits per heavy atom. The predicted molar refractivity (Wildman–Crippen MR) is 70.3 cm³/mol. The van der Waals surface area contributed by atoms with Crippen LogP contribution in [0.5, 0.6) is 0 Å². The highest BCUT2D eigenvalue weighted by molar-refractivity contribution is 5.02. The van der Waals surface area contributed by atoms with Crippen LogP contribution in [0, 0.1) is 5.92 Å². The van der Waals surface area contributed by atoms with Gasteiger partial charge in [-0.05, 0) is 31.7 Å². The van der Waals surface area contributed by atoms with E-state index in [0.717, 1.165) is 18.8 Å². The molecule has 2 bridgehead atoms. The fourth-order valence-electron chi connectivity index (χ4n) is 3.07. The van der Waals surface area contributed by atoms with Crippen LogP contribution in [0.15, 0.2) is 12.5 Å². The molecule has 0 aliphatic carbocycles. The van der Waals surface area contributed by atoms with E-state index in [4.69, 9.17) is 4.74 Å². The standard InChI is InChI=1S/C14H23N3O/c1-10(2)6-15-7-11-8-17(9-16-11)13-5-12-3-4-14(13)18-12/h8-10,12-15H,3-7H2,1-2H3. The predicted octanol–water partition coefficient (Wildman–Crippen LogP) is 2.12. The molecule has 3 unspecified atom stereocenters. The molecule has 0 spiro atoms. The zero-order chi connectivity index (χ0) is 12.5. The van der Waals surface area contributed by atoms with Crippen LogP contribution in [0.3, 0.4) is 0 Å². The molecule has 4 heteroatoms. The SMILES string of the molecule is CC(C)CNCc1cn(C2CC3CCC2O3)cn1. The molecule has 18 heavy (non-hydrogen) atoms. The van der Waals surface area contributed by atoms with Gasteiger partial charge in [-0.2, -0.15) is 0 Å². The summed E-state index contributed by atoms with van der Waals surface area (Å²) in [7, 11) is 0. The molecule has 2 aliphatic rings. The maximum atomic E-state index is 5.90. The van der Waals surface area contributed by atoms with Gasteiger partial charge in [0.15, 0.2) is 0 Å². The molecule has 0 aromatic carbocycles. The Labute approximate surface area is 109 Å². The van der Waals surface area contributed by atoms with Gasteiger partial charge in [0.2, 0.25) is 0 Å². The lowest BCUT2D eigenvalue weighted by atomic mass is 9.95. The molecule has 3 atom stereocenters. The van der Waals surface area contributed by atoms with E-state index in [-0.39, 0.29) is 0 Å². The van der Waals surface area contributed by atoms with Gasteiger partial charge in [0.05, 0.1) is 30.3 Å². The number of hydrogen-bond donors (Lipinski definition) is 1. The van der Waals surface area contributed by atoms with Gasteiger partial charge in [-0.25, -0.2) is 4.98 Å². The maximum absolute atomic E-state index is 5.90. The summed E-state index contributed by atoms with van der Waals surface area (Å²) < 4.78 is 8.16. The molecule has 0 amide bonds. The second-order valence-corrected chi connectivity index (χ2v) is 6.01. The van der Waals surface area contributed by atoms with E-state index in [0.29, 0.717) is 24.2 Å². The van der Waals surface area contributed by atoms with Crippen LogP contribution in [0.2, 0.25) is 0 Å². The van der Waals surface area contributed by atoms with Crippen molar-refractivity contribution in [2.75, 3.05) is 6.54 Å². The molecule has 0 radical (unpaired) electrons. The van der Waals surface area contributed by atoms with Gasteiger partial charge >= 0.3 is 0 Å². The molecule has 0 saturated carbocycles. The van der Waals surface area contributed by atoms with Crippen molar-refractivity contribution in [3.05, 3.63) is 18.2 Å². The van der Waals surface area contributed by atoms with Crippen molar-refractivity contribution >= 4 is 0 Å². The molecule has 3 heterocycles. The first kappa shape index (κ1) is 12.2. The number of nitrogens with one attached hydrogen (secondary N) is 1. The number of nitrogens with zero attached hydrogens (tertiary/aromatic N) is 2. The fraction of sp³-hybridized carbons (Fsp3) is 0.786. The summed E-state index contributed by atoms with van der Waals surface area (Å²) in [6.07, 6.45) is 8.72. The van der Waals surface area contributed by atoms with Crippen LogP contribution in [-0.2, 0) is 11.3 Å². The van der Waals surface area contributed by atoms with Crippen molar-refractivity contribution in [3.8, 4) is 0 Å². The minimum atomic E-state index is 0.431. The van der Waals surface area contributed by atoms with Crippen molar-refractivity contribution in [2.24, 2.45) is 5.92 Å². The topological polar surface area (TPSA) is 39.1 Å². The van der Waals surface area contributed by atoms with Crippen LogP contribution in [0.4, 0.5) is 0 Å². The lowest BCUT2D eigenvalue weighted by molar-refractivity contribution is 0.0938. The van der Waals surface area contributed by atoms with Crippen molar-refractivity contribution in [3.63, 3.8) is 0 Å². The number of fused-ring (bicyclic) bond motifs is 2. The van der Waals surface area contributed by atoms with Gasteiger partial charge in [-0.1, -0.05) is 13.8 Å². The van der Waals surface area contributed by atoms with Gasteiger partial charge in [-0.3, -0.25) is 0 Å². The van der Waals surface area contributed by atoms with Gasteiger partial charge in [0.25, 0.3) is 0 Å². The van der Waals surface area contributed by atoms with Crippen molar-refractivity contribution in [1.29, 1.82) is 0 Å². The molecule has 2 saturated heterocycles. The normalized spacial score (nSPS) is 30.5. The van der Waals surface area contributed by atoms with Crippen LogP contribution in [0.1, 0.15) is 44.8 Å². The highest BCUT2D eigenvalue weighted by atomic mass is 16.5. The molecule has 4 nitrogen and oxygen atoms in total. The van der Waals surface area contributed by atoms with E-state index < -0.39 is 0 Å². The minimum Gasteiger partial charge on any atom is -0.373 e. The Kier molecular flexibility index (Phi) is 3.39. The monoisotopic (exact) mass is 249 g/mol. The van der Waals surface area contributed by atoms with Gasteiger partial charge in [0, 0.05) is 12.7 Å². The third kappa shape index (κ3) is 2.45. The molecule has 1 aromatic heterocycles. The molecule has 100 valence electrons. The quantitative estimate of drug-likeness (QED) is 0.869. The summed E-state index contributed by atoms with van der Waals surface area (Å²) in [5.41, 5.74) is 1.14. The number of rotatable bonds is 5. The van der Waals surface area contributed by atoms with Crippen LogP contribution in [-0.4, -0.2) is 28.3 Å². The average molecular weight is 249 g/mol. The van der Waals surface area contributed by atoms with E-state index in [2.05, 4.69) is 34.9 Å². The third-order valence-corrected chi connectivity index (χ3v) is 3.97. The fourth-order valence-corrected chi connectivity index (χ4v) is 3.07. The second-order valence-electron chi connectivity index (χ2n) is 6.01. The Hall–Kier alpha value is -0.870. The van der Waals surface area contributed by atoms with E-state index in [9.17, 15) is 0 Å². The second kappa shape index (κ2) is 5.02. The molecule has 1 aromatic rings. The average Bonchev–Trinajstić information content (AvgIpc) is 3.03. The molecule has 2 aliphatic heterocycles. The van der Waals surface area contributed by atoms with Crippen molar-refractivity contribution in [2.45, 2.75) is 57.9 Å². The first-order valence-corrected chi connectivity index (χ1v) is 7.11. The van der Waals surface area contributed by atoms with Gasteiger partial charge in [-0.15, -0.1) is 0 Å². The lowest BCUT2D eigenvalue weighted by Gasteiger charge is -2.19. The third-order valence-electron chi connectivity index (χ3n) is 3.97. The zero-order valence-corrected chi connectivity index (χ0v) is 11.3. The van der Waals surface area contributed by atoms with E-state index >= 15 is 0 Å². The largest absolute Gasteiger partial charge is 0.373 e. The molecule has 3 rings (SSSR count). The molecule has 2 fully saturated rings. The van der Waals surface area contributed by atoms with Crippen molar-refractivity contribution < 1.29 is 4.74 Å². The highest BCUT2D eigenvalue weighted by Crippen LogP contribution is 2.41. The Morgan fingerprint density at radius 2 is 2.39 bits per heavy atom. The number of imidazole rings is 1. The molecular formula is C14H23N3O. The van der Waals surface area contributed by atoms with Gasteiger partial charge in [0.1, 0.15) is 0 Å². The smallest absolute Gasteiger partial charge is 0.0953 e. The summed E-state index contributed by atoms with van der Waals surface area (Å²) in [4.78, 5) is 4.49. The van der Waals surface area contributed by atoms with Crippen LogP contribution in [0.25, 0.3) is 0 Å². The zero-order valence-electron chi connectivity index (χ0n) is 11.3. The summed E-state index contributed by atoms with van der Waals surface area (Å²) in [5.74, 6) is 0.686. The summed E-state index contributed by atoms with van der Waals surface area (Å²) in [6.45, 7) is 6.35. The Balaban J connectivity index is 1.56. The summed E-state index contributed by atoms with van der Waals surface area (Å²) in [5, 5.41) is 3.43. The minimum absolute atomic E-state index is 0.431. The van der Waals surface area contributed by atoms with E-state index in [1.807, 2.05) is 6.33 Å². The molecule has 1 N–H and O–H groups in total. The number of aromatic nitrogens is 2. The first-order chi connectivity index (χ1) is 8.72. The summed E-state index contributed by atoms with van der Waals surface area (Å²) >= 11 is 0. The summed E-state index contributed by atoms with van der Waals surface area (Å²) in [6, 6.07) is 0.523. The Bertz CT molecular complexity index is 401. The highest BCUT2D eigenvalue weighted by Gasteiger charge is 2.41. The van der Waals surface area contributed by atoms with Gasteiger partial charge < -0.3 is 14.6 Å².